The molecule has 2 N–H and O–H groups in total. The molecular formula is C31H36N4O8S. The summed E-state index contributed by atoms with van der Waals surface area (Å²) >= 11 is 0. The van der Waals surface area contributed by atoms with Gasteiger partial charge in [-0.05, 0) is 72.9 Å². The normalized spacial score (nSPS) is 15.1. The maximum Gasteiger partial charge on any atom is 0.385 e. The van der Waals surface area contributed by atoms with E-state index in [9.17, 15) is 18.3 Å². The van der Waals surface area contributed by atoms with Gasteiger partial charge in [0, 0.05) is 24.6 Å². The van der Waals surface area contributed by atoms with Gasteiger partial charge >= 0.3 is 16.3 Å². The van der Waals surface area contributed by atoms with Gasteiger partial charge in [0.25, 0.3) is 0 Å². The molecule has 2 heterocycles. The molecule has 1 atom stereocenters. The van der Waals surface area contributed by atoms with E-state index in [0.717, 1.165) is 33.3 Å². The number of aryl methyl sites for hydroxylation is 2. The topological polar surface area (TPSA) is 153 Å². The number of ether oxygens (including phenoxy) is 2. The summed E-state index contributed by atoms with van der Waals surface area (Å²) in [4.78, 5) is 12.8. The molecule has 0 saturated carbocycles. The van der Waals surface area contributed by atoms with E-state index < -0.39 is 16.2 Å². The highest BCUT2D eigenvalue weighted by Gasteiger charge is 2.32. The van der Waals surface area contributed by atoms with E-state index in [2.05, 4.69) is 10.3 Å². The Morgan fingerprint density at radius 3 is 2.70 bits per heavy atom. The number of aliphatic hydroxyl groups is 1. The lowest BCUT2D eigenvalue weighted by atomic mass is 9.84. The van der Waals surface area contributed by atoms with Crippen LogP contribution in [0.5, 0.6) is 11.5 Å². The quantitative estimate of drug-likeness (QED) is 0.177. The number of hydrogen-bond donors (Lipinski definition) is 2. The summed E-state index contributed by atoms with van der Waals surface area (Å²) in [6.07, 6.45) is 0.0730. The number of fused-ring (bicyclic) bond motifs is 2. The Morgan fingerprint density at radius 1 is 1.11 bits per heavy atom. The molecule has 1 unspecified atom stereocenters. The average Bonchev–Trinajstić information content (AvgIpc) is 3.40. The fourth-order valence-corrected chi connectivity index (χ4v) is 6.54. The van der Waals surface area contributed by atoms with Crippen molar-refractivity contribution >= 4 is 27.3 Å². The number of phenolic OH excluding ortho intramolecular Hbond substituents is 1. The van der Waals surface area contributed by atoms with E-state index in [1.807, 2.05) is 44.2 Å². The largest absolute Gasteiger partial charge is 0.508 e. The zero-order chi connectivity index (χ0) is 31.4. The molecule has 44 heavy (non-hydrogen) atoms. The van der Waals surface area contributed by atoms with Crippen LogP contribution >= 0.6 is 0 Å². The van der Waals surface area contributed by atoms with Gasteiger partial charge in [-0.25, -0.2) is 4.68 Å². The van der Waals surface area contributed by atoms with Gasteiger partial charge < -0.3 is 23.9 Å². The number of benzene rings is 3. The molecule has 0 aliphatic carbocycles. The number of carbonyl (C=O) groups excluding carboxylic acids is 1. The number of nitrogens with zero attached hydrogens (tertiary/aromatic N) is 4. The molecule has 5 rings (SSSR count). The van der Waals surface area contributed by atoms with Crippen LogP contribution < -0.4 is 4.18 Å². The minimum atomic E-state index is -4.08. The van der Waals surface area contributed by atoms with Gasteiger partial charge in [0.15, 0.2) is 0 Å². The smallest absolute Gasteiger partial charge is 0.385 e. The molecule has 234 valence electrons. The molecule has 0 saturated heterocycles. The summed E-state index contributed by atoms with van der Waals surface area (Å²) < 4.78 is 45.0. The third kappa shape index (κ3) is 6.70. The predicted molar refractivity (Wildman–Crippen MR) is 161 cm³/mol. The van der Waals surface area contributed by atoms with E-state index >= 15 is 0 Å². The number of aromatic nitrogens is 3. The van der Waals surface area contributed by atoms with Crippen LogP contribution in [0, 0.1) is 13.8 Å². The Hall–Kier alpha value is -4.04. The van der Waals surface area contributed by atoms with Crippen LogP contribution in [0.4, 0.5) is 0 Å². The standard InChI is InChI=1S/C31H36N4O8S/c1-4-42-30(38)17-27(26-8-9-28-31(21(26)3)32-33-35(28)11-13-41-14-12-36)22-6-5-20(2)23(15-22)18-34-19-24-16-25(37)7-10-29(24)43-44(34,39)40/h5-10,15-16,27,36-37H,4,11-14,17-19H2,1-3H3. The van der Waals surface area contributed by atoms with Crippen LogP contribution in [-0.4, -0.2) is 70.3 Å². The van der Waals surface area contributed by atoms with Crippen molar-refractivity contribution in [1.82, 2.24) is 19.3 Å². The molecule has 0 bridgehead atoms. The first-order chi connectivity index (χ1) is 21.1. The van der Waals surface area contributed by atoms with Crippen LogP contribution in [0.25, 0.3) is 11.0 Å². The number of carbonyl (C=O) groups is 1. The first-order valence-corrected chi connectivity index (χ1v) is 15.8. The maximum atomic E-state index is 13.0. The van der Waals surface area contributed by atoms with Crippen LogP contribution in [0.3, 0.4) is 0 Å². The first kappa shape index (κ1) is 31.4. The molecule has 0 radical (unpaired) electrons. The summed E-state index contributed by atoms with van der Waals surface area (Å²) in [6, 6.07) is 14.0. The van der Waals surface area contributed by atoms with Crippen molar-refractivity contribution in [3.63, 3.8) is 0 Å². The number of aliphatic hydroxyl groups excluding tert-OH is 1. The van der Waals surface area contributed by atoms with Crippen LogP contribution in [0.2, 0.25) is 0 Å². The second kappa shape index (κ2) is 13.3. The van der Waals surface area contributed by atoms with E-state index in [1.165, 1.54) is 22.5 Å². The minimum Gasteiger partial charge on any atom is -0.508 e. The van der Waals surface area contributed by atoms with E-state index in [-0.39, 0.29) is 56.8 Å². The zero-order valence-electron chi connectivity index (χ0n) is 24.9. The molecule has 0 fully saturated rings. The molecule has 4 aromatic rings. The molecular weight excluding hydrogens is 588 g/mol. The van der Waals surface area contributed by atoms with E-state index in [1.54, 1.807) is 11.6 Å². The van der Waals surface area contributed by atoms with Gasteiger partial charge in [-0.3, -0.25) is 4.79 Å². The molecule has 0 amide bonds. The van der Waals surface area contributed by atoms with Gasteiger partial charge in [-0.1, -0.05) is 29.5 Å². The lowest BCUT2D eigenvalue weighted by molar-refractivity contribution is -0.143. The first-order valence-electron chi connectivity index (χ1n) is 14.4. The second-order valence-electron chi connectivity index (χ2n) is 10.6. The maximum absolute atomic E-state index is 13.0. The third-order valence-corrected chi connectivity index (χ3v) is 9.02. The van der Waals surface area contributed by atoms with Crippen LogP contribution in [0.15, 0.2) is 48.5 Å². The Labute approximate surface area is 256 Å². The van der Waals surface area contributed by atoms with Gasteiger partial charge in [0.2, 0.25) is 0 Å². The zero-order valence-corrected chi connectivity index (χ0v) is 25.7. The molecule has 0 spiro atoms. The summed E-state index contributed by atoms with van der Waals surface area (Å²) in [5, 5.41) is 27.6. The highest BCUT2D eigenvalue weighted by atomic mass is 32.2. The van der Waals surface area contributed by atoms with Gasteiger partial charge in [0.1, 0.15) is 17.0 Å². The van der Waals surface area contributed by atoms with Gasteiger partial charge in [0.05, 0.1) is 44.9 Å². The highest BCUT2D eigenvalue weighted by molar-refractivity contribution is 7.84. The van der Waals surface area contributed by atoms with Crippen molar-refractivity contribution in [1.29, 1.82) is 0 Å². The number of hydrogen-bond acceptors (Lipinski definition) is 10. The van der Waals surface area contributed by atoms with Gasteiger partial charge in [-0.2, -0.15) is 12.7 Å². The van der Waals surface area contributed by atoms with Crippen molar-refractivity contribution in [3.8, 4) is 11.5 Å². The van der Waals surface area contributed by atoms with Crippen molar-refractivity contribution in [2.24, 2.45) is 0 Å². The Bertz CT molecular complexity index is 1770. The summed E-state index contributed by atoms with van der Waals surface area (Å²) in [5.41, 5.74) is 6.26. The SMILES string of the molecule is CCOC(=O)CC(c1ccc(C)c(CN2Cc3cc(O)ccc3OS2(=O)=O)c1)c1ccc2c(nnn2CCOCCO)c1C. The fraction of sp³-hybridized carbons (Fsp3) is 0.387. The molecule has 1 aliphatic rings. The Balaban J connectivity index is 1.48. The summed E-state index contributed by atoms with van der Waals surface area (Å²) in [5.74, 6) is -0.538. The number of aromatic hydroxyl groups is 1. The lowest BCUT2D eigenvalue weighted by Gasteiger charge is -2.28. The van der Waals surface area contributed by atoms with E-state index in [4.69, 9.17) is 18.8 Å². The van der Waals surface area contributed by atoms with Gasteiger partial charge in [-0.15, -0.1) is 5.10 Å². The summed E-state index contributed by atoms with van der Waals surface area (Å²) in [7, 11) is -4.08. The Kier molecular flexibility index (Phi) is 9.49. The van der Waals surface area contributed by atoms with Crippen molar-refractivity contribution < 1.29 is 37.1 Å². The number of rotatable bonds is 12. The number of phenols is 1. The van der Waals surface area contributed by atoms with Crippen LogP contribution in [-0.2, 0) is 44.2 Å². The average molecular weight is 625 g/mol. The Morgan fingerprint density at radius 2 is 1.93 bits per heavy atom. The molecule has 13 heteroatoms. The molecule has 1 aliphatic heterocycles. The van der Waals surface area contributed by atoms with Crippen molar-refractivity contribution in [2.45, 2.75) is 52.7 Å². The van der Waals surface area contributed by atoms with Crippen molar-refractivity contribution in [2.75, 3.05) is 26.4 Å². The number of esters is 1. The van der Waals surface area contributed by atoms with Crippen molar-refractivity contribution in [3.05, 3.63) is 81.9 Å². The highest BCUT2D eigenvalue weighted by Crippen LogP contribution is 2.36. The lowest BCUT2D eigenvalue weighted by Crippen LogP contribution is -2.37. The molecule has 1 aromatic heterocycles. The van der Waals surface area contributed by atoms with E-state index in [0.29, 0.717) is 24.2 Å². The minimum absolute atomic E-state index is 0.0222. The van der Waals surface area contributed by atoms with Crippen LogP contribution in [0.1, 0.15) is 52.6 Å². The fourth-order valence-electron chi connectivity index (χ4n) is 5.45. The second-order valence-corrected chi connectivity index (χ2v) is 12.2. The molecule has 12 nitrogen and oxygen atoms in total. The predicted octanol–water partition coefficient (Wildman–Crippen LogP) is 3.49. The molecule has 3 aromatic carbocycles. The third-order valence-electron chi connectivity index (χ3n) is 7.74. The summed E-state index contributed by atoms with van der Waals surface area (Å²) in [6.45, 7) is 6.97. The monoisotopic (exact) mass is 624 g/mol.